The van der Waals surface area contributed by atoms with Gasteiger partial charge in [0.05, 0.1) is 0 Å². The first-order chi connectivity index (χ1) is 8.85. The fraction of sp³-hybridized carbons (Fsp3) is 0.625. The first-order valence-corrected chi connectivity index (χ1v) is 7.31. The average molecular weight is 244 g/mol. The van der Waals surface area contributed by atoms with E-state index in [4.69, 9.17) is 5.73 Å². The topological polar surface area (TPSA) is 29.3 Å². The maximum Gasteiger partial charge on any atom is 0.0233 e. The van der Waals surface area contributed by atoms with Gasteiger partial charge in [0.15, 0.2) is 0 Å². The molecule has 2 nitrogen and oxygen atoms in total. The summed E-state index contributed by atoms with van der Waals surface area (Å²) in [5.74, 6) is 2.65. The number of fused-ring (bicyclic) bond motifs is 1. The lowest BCUT2D eigenvalue weighted by atomic mass is 9.76. The van der Waals surface area contributed by atoms with E-state index >= 15 is 0 Å². The largest absolute Gasteiger partial charge is 0.330 e. The molecule has 1 heterocycles. The maximum atomic E-state index is 5.83. The van der Waals surface area contributed by atoms with Crippen molar-refractivity contribution in [1.82, 2.24) is 4.90 Å². The van der Waals surface area contributed by atoms with E-state index in [1.165, 1.54) is 37.9 Å². The molecule has 2 fully saturated rings. The molecular formula is C16H24N2. The third-order valence-electron chi connectivity index (χ3n) is 4.82. The molecule has 2 heteroatoms. The number of nitrogens with zero attached hydrogens (tertiary/aromatic N) is 1. The van der Waals surface area contributed by atoms with Gasteiger partial charge in [0.2, 0.25) is 0 Å². The van der Waals surface area contributed by atoms with Crippen LogP contribution in [0, 0.1) is 17.8 Å². The summed E-state index contributed by atoms with van der Waals surface area (Å²) in [6, 6.07) is 10.9. The van der Waals surface area contributed by atoms with Gasteiger partial charge in [0.25, 0.3) is 0 Å². The van der Waals surface area contributed by atoms with E-state index in [1.807, 2.05) is 0 Å². The van der Waals surface area contributed by atoms with Crippen LogP contribution in [0.25, 0.3) is 0 Å². The molecule has 0 spiro atoms. The summed E-state index contributed by atoms with van der Waals surface area (Å²) in [6.07, 6.45) is 4.13. The zero-order valence-corrected chi connectivity index (χ0v) is 11.1. The molecule has 1 saturated heterocycles. The highest BCUT2D eigenvalue weighted by Gasteiger charge is 2.36. The van der Waals surface area contributed by atoms with Crippen LogP contribution < -0.4 is 5.73 Å². The van der Waals surface area contributed by atoms with Crippen molar-refractivity contribution in [2.24, 2.45) is 23.5 Å². The lowest BCUT2D eigenvalue weighted by Crippen LogP contribution is -2.27. The van der Waals surface area contributed by atoms with Crippen molar-refractivity contribution < 1.29 is 0 Å². The van der Waals surface area contributed by atoms with Crippen LogP contribution in [0.5, 0.6) is 0 Å². The third-order valence-corrected chi connectivity index (χ3v) is 4.82. The zero-order chi connectivity index (χ0) is 12.4. The number of benzene rings is 1. The van der Waals surface area contributed by atoms with Crippen molar-refractivity contribution in [3.63, 3.8) is 0 Å². The van der Waals surface area contributed by atoms with E-state index in [0.29, 0.717) is 0 Å². The third kappa shape index (κ3) is 2.60. The number of rotatable bonds is 3. The summed E-state index contributed by atoms with van der Waals surface area (Å²) in [6.45, 7) is 4.61. The molecule has 2 aliphatic rings. The summed E-state index contributed by atoms with van der Waals surface area (Å²) >= 11 is 0. The fourth-order valence-electron chi connectivity index (χ4n) is 3.81. The van der Waals surface area contributed by atoms with Crippen LogP contribution in [0.2, 0.25) is 0 Å². The van der Waals surface area contributed by atoms with E-state index in [9.17, 15) is 0 Å². The van der Waals surface area contributed by atoms with Crippen molar-refractivity contribution in [2.45, 2.75) is 25.8 Å². The SMILES string of the molecule is NCC1CCC2CN(Cc3ccccc3)CC2C1. The Morgan fingerprint density at radius 2 is 1.83 bits per heavy atom. The Morgan fingerprint density at radius 1 is 1.06 bits per heavy atom. The Labute approximate surface area is 110 Å². The Kier molecular flexibility index (Phi) is 3.67. The van der Waals surface area contributed by atoms with Gasteiger partial charge in [0.1, 0.15) is 0 Å². The average Bonchev–Trinajstić information content (AvgIpc) is 2.80. The second kappa shape index (κ2) is 5.41. The molecule has 1 aromatic carbocycles. The van der Waals surface area contributed by atoms with Crippen molar-refractivity contribution in [3.8, 4) is 0 Å². The Morgan fingerprint density at radius 3 is 2.61 bits per heavy atom. The van der Waals surface area contributed by atoms with Crippen molar-refractivity contribution in [2.75, 3.05) is 19.6 Å². The number of nitrogens with two attached hydrogens (primary N) is 1. The number of hydrogen-bond donors (Lipinski definition) is 1. The molecule has 3 unspecified atom stereocenters. The smallest absolute Gasteiger partial charge is 0.0233 e. The predicted octanol–water partition coefficient (Wildman–Crippen LogP) is 2.49. The Balaban J connectivity index is 1.58. The van der Waals surface area contributed by atoms with Crippen LogP contribution in [-0.4, -0.2) is 24.5 Å². The van der Waals surface area contributed by atoms with Gasteiger partial charge in [-0.3, -0.25) is 4.90 Å². The van der Waals surface area contributed by atoms with Gasteiger partial charge < -0.3 is 5.73 Å². The molecular weight excluding hydrogens is 220 g/mol. The molecule has 98 valence electrons. The standard InChI is InChI=1S/C16H24N2/c17-9-14-6-7-15-11-18(12-16(15)8-14)10-13-4-2-1-3-5-13/h1-5,14-16H,6-12,17H2. The molecule has 1 aliphatic heterocycles. The summed E-state index contributed by atoms with van der Waals surface area (Å²) < 4.78 is 0. The first kappa shape index (κ1) is 12.2. The van der Waals surface area contributed by atoms with Crippen LogP contribution in [0.3, 0.4) is 0 Å². The Bertz CT molecular complexity index is 376. The maximum absolute atomic E-state index is 5.83. The quantitative estimate of drug-likeness (QED) is 0.885. The van der Waals surface area contributed by atoms with Gasteiger partial charge >= 0.3 is 0 Å². The highest BCUT2D eigenvalue weighted by Crippen LogP contribution is 2.38. The van der Waals surface area contributed by atoms with Crippen LogP contribution in [0.1, 0.15) is 24.8 Å². The monoisotopic (exact) mass is 244 g/mol. The molecule has 1 aromatic rings. The predicted molar refractivity (Wildman–Crippen MR) is 75.1 cm³/mol. The van der Waals surface area contributed by atoms with E-state index in [-0.39, 0.29) is 0 Å². The van der Waals surface area contributed by atoms with Gasteiger partial charge in [-0.15, -0.1) is 0 Å². The minimum Gasteiger partial charge on any atom is -0.330 e. The molecule has 0 bridgehead atoms. The summed E-state index contributed by atoms with van der Waals surface area (Å²) in [5, 5.41) is 0. The van der Waals surface area contributed by atoms with Gasteiger partial charge in [-0.25, -0.2) is 0 Å². The van der Waals surface area contributed by atoms with Gasteiger partial charge in [-0.2, -0.15) is 0 Å². The van der Waals surface area contributed by atoms with Crippen LogP contribution in [0.15, 0.2) is 30.3 Å². The summed E-state index contributed by atoms with van der Waals surface area (Å²) in [4.78, 5) is 2.64. The highest BCUT2D eigenvalue weighted by molar-refractivity contribution is 5.14. The van der Waals surface area contributed by atoms with E-state index in [2.05, 4.69) is 35.2 Å². The summed E-state index contributed by atoms with van der Waals surface area (Å²) in [5.41, 5.74) is 7.28. The molecule has 18 heavy (non-hydrogen) atoms. The number of likely N-dealkylation sites (tertiary alicyclic amines) is 1. The van der Waals surface area contributed by atoms with Gasteiger partial charge in [-0.1, -0.05) is 30.3 Å². The van der Waals surface area contributed by atoms with E-state index in [0.717, 1.165) is 30.8 Å². The molecule has 0 radical (unpaired) electrons. The first-order valence-electron chi connectivity index (χ1n) is 7.31. The van der Waals surface area contributed by atoms with Crippen LogP contribution in [0.4, 0.5) is 0 Å². The lowest BCUT2D eigenvalue weighted by molar-refractivity contribution is 0.229. The van der Waals surface area contributed by atoms with Crippen LogP contribution >= 0.6 is 0 Å². The van der Waals surface area contributed by atoms with E-state index in [1.54, 1.807) is 0 Å². The fourth-order valence-corrected chi connectivity index (χ4v) is 3.81. The normalized spacial score (nSPS) is 32.4. The molecule has 3 rings (SSSR count). The second-order valence-electron chi connectivity index (χ2n) is 6.11. The van der Waals surface area contributed by atoms with Gasteiger partial charge in [-0.05, 0) is 49.1 Å². The van der Waals surface area contributed by atoms with Gasteiger partial charge in [0, 0.05) is 19.6 Å². The highest BCUT2D eigenvalue weighted by atomic mass is 15.2. The number of hydrogen-bond acceptors (Lipinski definition) is 2. The van der Waals surface area contributed by atoms with Crippen LogP contribution in [-0.2, 0) is 6.54 Å². The molecule has 1 saturated carbocycles. The minimum atomic E-state index is 0.794. The van der Waals surface area contributed by atoms with Crippen molar-refractivity contribution in [1.29, 1.82) is 0 Å². The second-order valence-corrected chi connectivity index (χ2v) is 6.11. The minimum absolute atomic E-state index is 0.794. The van der Waals surface area contributed by atoms with Crippen molar-refractivity contribution >= 4 is 0 Å². The van der Waals surface area contributed by atoms with Crippen molar-refractivity contribution in [3.05, 3.63) is 35.9 Å². The molecule has 0 amide bonds. The summed E-state index contributed by atoms with van der Waals surface area (Å²) in [7, 11) is 0. The molecule has 2 N–H and O–H groups in total. The van der Waals surface area contributed by atoms with E-state index < -0.39 is 0 Å². The molecule has 0 aromatic heterocycles. The lowest BCUT2D eigenvalue weighted by Gasteiger charge is -2.30. The zero-order valence-electron chi connectivity index (χ0n) is 11.1. The molecule has 3 atom stereocenters. The molecule has 1 aliphatic carbocycles. The Hall–Kier alpha value is -0.860.